The highest BCUT2D eigenvalue weighted by molar-refractivity contribution is 7.00. The second-order valence-electron chi connectivity index (χ2n) is 6.61. The minimum absolute atomic E-state index is 0.0212. The van der Waals surface area contributed by atoms with Crippen molar-refractivity contribution >= 4 is 45.4 Å². The lowest BCUT2D eigenvalue weighted by atomic mass is 9.84. The number of benzene rings is 2. The normalized spacial score (nSPS) is 16.8. The Morgan fingerprint density at radius 2 is 1.88 bits per heavy atom. The minimum atomic E-state index is -0.119. The summed E-state index contributed by atoms with van der Waals surface area (Å²) in [4.78, 5) is 24.5. The van der Waals surface area contributed by atoms with Crippen molar-refractivity contribution in [2.24, 2.45) is 14.1 Å². The number of anilines is 1. The first-order valence-corrected chi connectivity index (χ1v) is 8.98. The second-order valence-corrected chi connectivity index (χ2v) is 7.14. The van der Waals surface area contributed by atoms with Crippen LogP contribution < -0.4 is 11.0 Å². The van der Waals surface area contributed by atoms with Crippen molar-refractivity contribution in [1.29, 1.82) is 0 Å². The third-order valence-corrected chi connectivity index (χ3v) is 5.72. The first-order valence-electron chi connectivity index (χ1n) is 8.25. The number of aromatic nitrogens is 4. The summed E-state index contributed by atoms with van der Waals surface area (Å²) in [5.41, 5.74) is 6.11. The number of imidazole rings is 1. The van der Waals surface area contributed by atoms with Gasteiger partial charge in [0.05, 0.1) is 22.8 Å². The zero-order valence-electron chi connectivity index (χ0n) is 14.2. The number of fused-ring (bicyclic) bond motifs is 4. The van der Waals surface area contributed by atoms with E-state index >= 15 is 0 Å². The number of amides is 1. The first kappa shape index (κ1) is 15.3. The van der Waals surface area contributed by atoms with Crippen LogP contribution in [0.3, 0.4) is 0 Å². The fourth-order valence-corrected chi connectivity index (χ4v) is 4.40. The number of carbonyl (C=O) groups is 1. The van der Waals surface area contributed by atoms with E-state index < -0.39 is 0 Å². The number of carbonyl (C=O) groups excluding carboxylic acids is 1. The number of nitrogens with one attached hydrogen (secondary N) is 1. The van der Waals surface area contributed by atoms with Crippen LogP contribution >= 0.6 is 11.7 Å². The van der Waals surface area contributed by atoms with E-state index in [4.69, 9.17) is 0 Å². The third-order valence-electron chi connectivity index (χ3n) is 5.18. The summed E-state index contributed by atoms with van der Waals surface area (Å²) in [6, 6.07) is 9.71. The van der Waals surface area contributed by atoms with Gasteiger partial charge in [-0.05, 0) is 29.8 Å². The van der Waals surface area contributed by atoms with Gasteiger partial charge in [-0.1, -0.05) is 6.07 Å². The predicted molar refractivity (Wildman–Crippen MR) is 101 cm³/mol. The summed E-state index contributed by atoms with van der Waals surface area (Å²) >= 11 is 1.17. The van der Waals surface area contributed by atoms with Crippen LogP contribution in [0.2, 0.25) is 0 Å². The fraction of sp³-hybridized carbons (Fsp3) is 0.222. The Kier molecular flexibility index (Phi) is 3.08. The molecule has 0 spiro atoms. The summed E-state index contributed by atoms with van der Waals surface area (Å²) < 4.78 is 12.0. The molecule has 1 aliphatic heterocycles. The molecule has 0 radical (unpaired) electrons. The monoisotopic (exact) mass is 365 g/mol. The molecule has 1 amide bonds. The zero-order valence-corrected chi connectivity index (χ0v) is 15.0. The lowest BCUT2D eigenvalue weighted by Gasteiger charge is -2.26. The van der Waals surface area contributed by atoms with Gasteiger partial charge >= 0.3 is 5.69 Å². The molecule has 1 atom stereocenters. The zero-order chi connectivity index (χ0) is 18.0. The lowest BCUT2D eigenvalue weighted by molar-refractivity contribution is -0.116. The molecule has 1 N–H and O–H groups in total. The SMILES string of the molecule is Cn1c(=O)n(C)c2cc([C@@H]3CC(=O)Nc4ccc5nsnc5c43)ccc21. The quantitative estimate of drug-likeness (QED) is 0.561. The van der Waals surface area contributed by atoms with Crippen LogP contribution in [0.15, 0.2) is 35.1 Å². The van der Waals surface area contributed by atoms with Gasteiger partial charge in [-0.25, -0.2) is 4.79 Å². The molecule has 0 saturated heterocycles. The van der Waals surface area contributed by atoms with Crippen LogP contribution in [0.4, 0.5) is 5.69 Å². The molecule has 0 unspecified atom stereocenters. The van der Waals surface area contributed by atoms with E-state index in [1.807, 2.05) is 30.3 Å². The van der Waals surface area contributed by atoms with Gasteiger partial charge in [0.1, 0.15) is 11.0 Å². The third kappa shape index (κ3) is 1.99. The van der Waals surface area contributed by atoms with Crippen molar-refractivity contribution in [1.82, 2.24) is 17.9 Å². The largest absolute Gasteiger partial charge is 0.328 e. The van der Waals surface area contributed by atoms with Crippen LogP contribution in [-0.4, -0.2) is 23.8 Å². The van der Waals surface area contributed by atoms with Crippen molar-refractivity contribution in [3.05, 3.63) is 51.9 Å². The molecular weight excluding hydrogens is 350 g/mol. The Labute approximate surface area is 152 Å². The number of hydrogen-bond acceptors (Lipinski definition) is 5. The smallest absolute Gasteiger partial charge is 0.326 e. The Hall–Kier alpha value is -3.00. The van der Waals surface area contributed by atoms with Gasteiger partial charge in [-0.3, -0.25) is 13.9 Å². The highest BCUT2D eigenvalue weighted by Crippen LogP contribution is 2.41. The molecule has 4 aromatic rings. The van der Waals surface area contributed by atoms with Crippen molar-refractivity contribution in [3.8, 4) is 0 Å². The van der Waals surface area contributed by atoms with Gasteiger partial charge in [-0.15, -0.1) is 0 Å². The number of rotatable bonds is 1. The Bertz CT molecular complexity index is 1270. The highest BCUT2D eigenvalue weighted by Gasteiger charge is 2.30. The minimum Gasteiger partial charge on any atom is -0.326 e. The maximum absolute atomic E-state index is 12.3. The molecular formula is C18H15N5O2S. The summed E-state index contributed by atoms with van der Waals surface area (Å²) in [6.45, 7) is 0. The molecule has 5 rings (SSSR count). The molecule has 7 nitrogen and oxygen atoms in total. The summed E-state index contributed by atoms with van der Waals surface area (Å²) in [7, 11) is 3.52. The van der Waals surface area contributed by atoms with E-state index in [-0.39, 0.29) is 17.5 Å². The van der Waals surface area contributed by atoms with Crippen molar-refractivity contribution in [3.63, 3.8) is 0 Å². The van der Waals surface area contributed by atoms with Crippen molar-refractivity contribution in [2.45, 2.75) is 12.3 Å². The van der Waals surface area contributed by atoms with Gasteiger partial charge in [0.25, 0.3) is 0 Å². The van der Waals surface area contributed by atoms with Gasteiger partial charge in [-0.2, -0.15) is 8.75 Å². The van der Waals surface area contributed by atoms with Crippen LogP contribution in [0.25, 0.3) is 22.1 Å². The van der Waals surface area contributed by atoms with E-state index in [9.17, 15) is 9.59 Å². The number of aryl methyl sites for hydroxylation is 2. The van der Waals surface area contributed by atoms with Crippen molar-refractivity contribution < 1.29 is 4.79 Å². The maximum Gasteiger partial charge on any atom is 0.328 e. The second kappa shape index (κ2) is 5.25. The fourth-order valence-electron chi connectivity index (χ4n) is 3.85. The molecule has 0 bridgehead atoms. The Morgan fingerprint density at radius 1 is 1.08 bits per heavy atom. The molecule has 130 valence electrons. The summed E-state index contributed by atoms with van der Waals surface area (Å²) in [5.74, 6) is -0.141. The summed E-state index contributed by atoms with van der Waals surface area (Å²) in [6.07, 6.45) is 0.343. The van der Waals surface area contributed by atoms with E-state index in [0.29, 0.717) is 6.42 Å². The average molecular weight is 365 g/mol. The Balaban J connectivity index is 1.78. The topological polar surface area (TPSA) is 81.8 Å². The van der Waals surface area contributed by atoms with E-state index in [0.717, 1.165) is 38.9 Å². The first-order chi connectivity index (χ1) is 12.5. The molecule has 1 aliphatic rings. The van der Waals surface area contributed by atoms with Crippen LogP contribution in [-0.2, 0) is 18.9 Å². The standard InChI is InChI=1S/C18H15N5O2S/c1-22-13-6-3-9(7-14(13)23(2)18(22)25)10-8-15(24)19-11-4-5-12-17(16(10)11)21-26-20-12/h3-7,10H,8H2,1-2H3,(H,19,24)/t10-/m0/s1. The van der Waals surface area contributed by atoms with Gasteiger partial charge in [0, 0.05) is 37.7 Å². The Morgan fingerprint density at radius 3 is 2.73 bits per heavy atom. The van der Waals surface area contributed by atoms with Gasteiger partial charge in [0.2, 0.25) is 5.91 Å². The van der Waals surface area contributed by atoms with E-state index in [1.165, 1.54) is 11.7 Å². The molecule has 0 aliphatic carbocycles. The molecule has 0 fully saturated rings. The number of hydrogen-bond donors (Lipinski definition) is 1. The highest BCUT2D eigenvalue weighted by atomic mass is 32.1. The summed E-state index contributed by atoms with van der Waals surface area (Å²) in [5, 5.41) is 2.94. The molecule has 0 saturated carbocycles. The van der Waals surface area contributed by atoms with Gasteiger partial charge in [0.15, 0.2) is 0 Å². The number of nitrogens with zero attached hydrogens (tertiary/aromatic N) is 4. The van der Waals surface area contributed by atoms with E-state index in [1.54, 1.807) is 23.2 Å². The van der Waals surface area contributed by atoms with Gasteiger partial charge < -0.3 is 5.32 Å². The van der Waals surface area contributed by atoms with Crippen molar-refractivity contribution in [2.75, 3.05) is 5.32 Å². The predicted octanol–water partition coefficient (Wildman–Crippen LogP) is 2.36. The van der Waals surface area contributed by atoms with E-state index in [2.05, 4.69) is 14.1 Å². The van der Waals surface area contributed by atoms with Crippen LogP contribution in [0.1, 0.15) is 23.5 Å². The molecule has 26 heavy (non-hydrogen) atoms. The molecule has 3 heterocycles. The molecule has 2 aromatic carbocycles. The maximum atomic E-state index is 12.3. The van der Waals surface area contributed by atoms with Crippen LogP contribution in [0.5, 0.6) is 0 Å². The van der Waals surface area contributed by atoms with Crippen LogP contribution in [0, 0.1) is 0 Å². The lowest BCUT2D eigenvalue weighted by Crippen LogP contribution is -2.23. The molecule has 2 aromatic heterocycles. The average Bonchev–Trinajstić information content (AvgIpc) is 3.20. The molecule has 8 heteroatoms.